The molecule has 6 heteroatoms. The standard InChI is InChI=1S/C16H28BNO4/c1-6-20-14(19)18-12-7-8-13(18)10-11(9-12)17-21-15(2,3)16(4,5)22-17/h11-13H,6-10H2,1-5H3. The van der Waals surface area contributed by atoms with Gasteiger partial charge in [-0.05, 0) is 66.1 Å². The zero-order valence-electron chi connectivity index (χ0n) is 14.4. The molecule has 0 N–H and O–H groups in total. The number of rotatable bonds is 2. The molecule has 5 nitrogen and oxygen atoms in total. The molecular weight excluding hydrogens is 281 g/mol. The van der Waals surface area contributed by atoms with Gasteiger partial charge in [0.05, 0.1) is 17.8 Å². The third-order valence-electron chi connectivity index (χ3n) is 5.90. The molecule has 3 fully saturated rings. The first-order valence-corrected chi connectivity index (χ1v) is 8.56. The maximum Gasteiger partial charge on any atom is 0.461 e. The van der Waals surface area contributed by atoms with E-state index in [0.717, 1.165) is 25.7 Å². The van der Waals surface area contributed by atoms with Crippen LogP contribution in [0.1, 0.15) is 60.3 Å². The molecule has 2 atom stereocenters. The normalized spacial score (nSPS) is 35.8. The number of ether oxygens (including phenoxy) is 1. The van der Waals surface area contributed by atoms with Crippen LogP contribution in [-0.4, -0.2) is 48.0 Å². The number of carbonyl (C=O) groups excluding carboxylic acids is 1. The predicted octanol–water partition coefficient (Wildman–Crippen LogP) is 3.23. The summed E-state index contributed by atoms with van der Waals surface area (Å²) < 4.78 is 17.6. The fraction of sp³-hybridized carbons (Fsp3) is 0.938. The first kappa shape index (κ1) is 16.1. The van der Waals surface area contributed by atoms with Crippen LogP contribution in [0.3, 0.4) is 0 Å². The van der Waals surface area contributed by atoms with E-state index in [0.29, 0.717) is 12.4 Å². The second-order valence-electron chi connectivity index (χ2n) is 7.85. The van der Waals surface area contributed by atoms with Crippen LogP contribution < -0.4 is 0 Å². The Morgan fingerprint density at radius 2 is 1.64 bits per heavy atom. The van der Waals surface area contributed by atoms with Crippen LogP contribution in [0.5, 0.6) is 0 Å². The fourth-order valence-electron chi connectivity index (χ4n) is 4.02. The first-order chi connectivity index (χ1) is 10.2. The van der Waals surface area contributed by atoms with Crippen LogP contribution in [0.2, 0.25) is 5.82 Å². The molecule has 0 spiro atoms. The summed E-state index contributed by atoms with van der Waals surface area (Å²) >= 11 is 0. The van der Waals surface area contributed by atoms with Crippen molar-refractivity contribution >= 4 is 13.2 Å². The predicted molar refractivity (Wildman–Crippen MR) is 84.7 cm³/mol. The highest BCUT2D eigenvalue weighted by atomic mass is 16.7. The number of carbonyl (C=O) groups is 1. The van der Waals surface area contributed by atoms with Crippen molar-refractivity contribution in [3.8, 4) is 0 Å². The average Bonchev–Trinajstić information content (AvgIpc) is 2.80. The lowest BCUT2D eigenvalue weighted by Gasteiger charge is -2.38. The molecule has 0 aromatic carbocycles. The molecule has 0 aliphatic carbocycles. The zero-order valence-corrected chi connectivity index (χ0v) is 14.4. The molecular formula is C16H28BNO4. The first-order valence-electron chi connectivity index (χ1n) is 8.56. The number of fused-ring (bicyclic) bond motifs is 2. The van der Waals surface area contributed by atoms with E-state index in [2.05, 4.69) is 27.7 Å². The SMILES string of the molecule is CCOC(=O)N1C2CCC1CC(B1OC(C)(C)C(C)(C)O1)C2. The van der Waals surface area contributed by atoms with Crippen molar-refractivity contribution in [1.82, 2.24) is 4.90 Å². The summed E-state index contributed by atoms with van der Waals surface area (Å²) in [5.74, 6) is 0.365. The third-order valence-corrected chi connectivity index (χ3v) is 5.90. The van der Waals surface area contributed by atoms with Crippen molar-refractivity contribution in [2.24, 2.45) is 0 Å². The highest BCUT2D eigenvalue weighted by molar-refractivity contribution is 6.47. The lowest BCUT2D eigenvalue weighted by Crippen LogP contribution is -2.48. The van der Waals surface area contributed by atoms with E-state index in [1.807, 2.05) is 11.8 Å². The topological polar surface area (TPSA) is 48.0 Å². The molecule has 0 radical (unpaired) electrons. The minimum atomic E-state index is -0.283. The summed E-state index contributed by atoms with van der Waals surface area (Å²) in [6.45, 7) is 10.7. The van der Waals surface area contributed by atoms with Crippen molar-refractivity contribution in [2.45, 2.75) is 89.4 Å². The van der Waals surface area contributed by atoms with Gasteiger partial charge in [-0.2, -0.15) is 0 Å². The molecule has 22 heavy (non-hydrogen) atoms. The minimum Gasteiger partial charge on any atom is -0.450 e. The summed E-state index contributed by atoms with van der Waals surface area (Å²) in [6, 6.07) is 0.559. The average molecular weight is 309 g/mol. The van der Waals surface area contributed by atoms with Crippen LogP contribution in [-0.2, 0) is 14.0 Å². The van der Waals surface area contributed by atoms with Gasteiger partial charge in [-0.1, -0.05) is 0 Å². The Balaban J connectivity index is 1.68. The number of piperidine rings is 1. The molecule has 0 aromatic rings. The molecule has 3 saturated heterocycles. The lowest BCUT2D eigenvalue weighted by molar-refractivity contribution is 0.00578. The van der Waals surface area contributed by atoms with E-state index in [9.17, 15) is 4.79 Å². The van der Waals surface area contributed by atoms with Crippen LogP contribution in [0, 0.1) is 0 Å². The van der Waals surface area contributed by atoms with Gasteiger partial charge in [0.15, 0.2) is 0 Å². The maximum atomic E-state index is 12.1. The third kappa shape index (κ3) is 2.54. The zero-order chi connectivity index (χ0) is 16.1. The summed E-state index contributed by atoms with van der Waals surface area (Å²) in [6.07, 6.45) is 3.89. The van der Waals surface area contributed by atoms with Crippen LogP contribution in [0.15, 0.2) is 0 Å². The largest absolute Gasteiger partial charge is 0.461 e. The molecule has 1 amide bonds. The monoisotopic (exact) mass is 309 g/mol. The Morgan fingerprint density at radius 3 is 2.09 bits per heavy atom. The van der Waals surface area contributed by atoms with E-state index in [-0.39, 0.29) is 36.5 Å². The van der Waals surface area contributed by atoms with Gasteiger partial charge in [-0.25, -0.2) is 4.79 Å². The van der Waals surface area contributed by atoms with Crippen molar-refractivity contribution in [3.63, 3.8) is 0 Å². The van der Waals surface area contributed by atoms with E-state index in [1.54, 1.807) is 0 Å². The summed E-state index contributed by atoms with van der Waals surface area (Å²) in [5.41, 5.74) is -0.565. The molecule has 3 heterocycles. The van der Waals surface area contributed by atoms with Crippen molar-refractivity contribution in [2.75, 3.05) is 6.61 Å². The number of hydrogen-bond donors (Lipinski definition) is 0. The molecule has 2 bridgehead atoms. The lowest BCUT2D eigenvalue weighted by atomic mass is 9.65. The number of hydrogen-bond acceptors (Lipinski definition) is 4. The molecule has 3 aliphatic heterocycles. The molecule has 2 unspecified atom stereocenters. The van der Waals surface area contributed by atoms with Crippen molar-refractivity contribution < 1.29 is 18.8 Å². The molecule has 0 saturated carbocycles. The van der Waals surface area contributed by atoms with Crippen LogP contribution in [0.25, 0.3) is 0 Å². The van der Waals surface area contributed by atoms with Crippen LogP contribution in [0.4, 0.5) is 4.79 Å². The van der Waals surface area contributed by atoms with Gasteiger partial charge in [-0.15, -0.1) is 0 Å². The maximum absolute atomic E-state index is 12.1. The minimum absolute atomic E-state index is 0.151. The van der Waals surface area contributed by atoms with Gasteiger partial charge < -0.3 is 18.9 Å². The van der Waals surface area contributed by atoms with Crippen molar-refractivity contribution in [3.05, 3.63) is 0 Å². The van der Waals surface area contributed by atoms with E-state index < -0.39 is 0 Å². The fourth-order valence-corrected chi connectivity index (χ4v) is 4.02. The van der Waals surface area contributed by atoms with Crippen molar-refractivity contribution in [1.29, 1.82) is 0 Å². The Morgan fingerprint density at radius 1 is 1.14 bits per heavy atom. The van der Waals surface area contributed by atoms with Gasteiger partial charge in [0.25, 0.3) is 0 Å². The highest BCUT2D eigenvalue weighted by Crippen LogP contribution is 2.48. The highest BCUT2D eigenvalue weighted by Gasteiger charge is 2.56. The summed E-state index contributed by atoms with van der Waals surface area (Å²) in [7, 11) is -0.155. The molecule has 124 valence electrons. The molecule has 3 rings (SSSR count). The summed E-state index contributed by atoms with van der Waals surface area (Å²) in [5, 5.41) is 0. The summed E-state index contributed by atoms with van der Waals surface area (Å²) in [4.78, 5) is 14.1. The van der Waals surface area contributed by atoms with E-state index in [1.165, 1.54) is 0 Å². The Labute approximate surface area is 133 Å². The van der Waals surface area contributed by atoms with Gasteiger partial charge >= 0.3 is 13.2 Å². The van der Waals surface area contributed by atoms with Crippen LogP contribution >= 0.6 is 0 Å². The van der Waals surface area contributed by atoms with Gasteiger partial charge in [0.2, 0.25) is 0 Å². The second-order valence-corrected chi connectivity index (χ2v) is 7.85. The Kier molecular flexibility index (Phi) is 3.97. The Hall–Kier alpha value is -0.745. The molecule has 3 aliphatic rings. The number of nitrogens with zero attached hydrogens (tertiary/aromatic N) is 1. The second kappa shape index (κ2) is 5.41. The van der Waals surface area contributed by atoms with Gasteiger partial charge in [0.1, 0.15) is 0 Å². The quantitative estimate of drug-likeness (QED) is 0.735. The molecule has 0 aromatic heterocycles. The van der Waals surface area contributed by atoms with Gasteiger partial charge in [0, 0.05) is 12.1 Å². The number of amides is 1. The van der Waals surface area contributed by atoms with Gasteiger partial charge in [-0.3, -0.25) is 0 Å². The Bertz CT molecular complexity index is 423. The van der Waals surface area contributed by atoms with E-state index >= 15 is 0 Å². The smallest absolute Gasteiger partial charge is 0.450 e. The van der Waals surface area contributed by atoms with E-state index in [4.69, 9.17) is 14.0 Å².